The van der Waals surface area contributed by atoms with Crippen molar-refractivity contribution in [2.75, 3.05) is 5.32 Å². The number of aromatic nitrogens is 2. The number of imide groups is 1. The summed E-state index contributed by atoms with van der Waals surface area (Å²) in [5, 5.41) is 11.6. The van der Waals surface area contributed by atoms with Crippen LogP contribution < -0.4 is 16.0 Å². The molecule has 0 saturated carbocycles. The fourth-order valence-electron chi connectivity index (χ4n) is 3.59. The van der Waals surface area contributed by atoms with Crippen molar-refractivity contribution >= 4 is 23.5 Å². The Hall–Kier alpha value is -4.01. The third kappa shape index (κ3) is 4.77. The molecule has 4 rings (SSSR count). The highest BCUT2D eigenvalue weighted by molar-refractivity contribution is 6.07. The molecular weight excluding hydrogens is 422 g/mol. The molecule has 1 unspecified atom stereocenters. The summed E-state index contributed by atoms with van der Waals surface area (Å²) in [5.74, 6) is 0.620. The number of aryl methyl sites for hydroxylation is 1. The van der Waals surface area contributed by atoms with Crippen LogP contribution >= 0.6 is 0 Å². The van der Waals surface area contributed by atoms with Crippen molar-refractivity contribution in [2.24, 2.45) is 0 Å². The molecule has 1 aliphatic rings. The lowest BCUT2D eigenvalue weighted by Gasteiger charge is -2.21. The first kappa shape index (κ1) is 22.2. The van der Waals surface area contributed by atoms with E-state index < -0.39 is 17.5 Å². The molecule has 4 amide bonds. The van der Waals surface area contributed by atoms with Gasteiger partial charge in [0.15, 0.2) is 0 Å². The fourth-order valence-corrected chi connectivity index (χ4v) is 3.59. The summed E-state index contributed by atoms with van der Waals surface area (Å²) < 4.78 is 5.29. The van der Waals surface area contributed by atoms with Gasteiger partial charge in [-0.3, -0.25) is 14.9 Å². The number of urea groups is 1. The largest absolute Gasteiger partial charge is 0.339 e. The second-order valence-electron chi connectivity index (χ2n) is 8.45. The zero-order chi connectivity index (χ0) is 23.6. The molecule has 0 aliphatic carbocycles. The van der Waals surface area contributed by atoms with Gasteiger partial charge in [0.1, 0.15) is 5.54 Å². The summed E-state index contributed by atoms with van der Waals surface area (Å²) in [4.78, 5) is 40.5. The van der Waals surface area contributed by atoms with Crippen LogP contribution in [0, 0.1) is 0 Å². The molecule has 0 radical (unpaired) electrons. The van der Waals surface area contributed by atoms with E-state index in [0.717, 1.165) is 5.56 Å². The summed E-state index contributed by atoms with van der Waals surface area (Å²) in [6.45, 7) is 5.87. The van der Waals surface area contributed by atoms with Crippen molar-refractivity contribution in [1.29, 1.82) is 0 Å². The number of hydrogen-bond donors (Lipinski definition) is 3. The van der Waals surface area contributed by atoms with E-state index >= 15 is 0 Å². The lowest BCUT2D eigenvalue weighted by molar-refractivity contribution is -0.123. The summed E-state index contributed by atoms with van der Waals surface area (Å²) in [6, 6.07) is 14.2. The van der Waals surface area contributed by atoms with E-state index in [1.807, 2.05) is 24.3 Å². The van der Waals surface area contributed by atoms with Gasteiger partial charge in [-0.2, -0.15) is 4.98 Å². The van der Waals surface area contributed by atoms with Crippen LogP contribution in [0.2, 0.25) is 0 Å². The number of rotatable bonds is 7. The number of carbonyl (C=O) groups excluding carboxylic acids is 3. The quantitative estimate of drug-likeness (QED) is 0.476. The minimum atomic E-state index is -1.19. The molecule has 3 aromatic rings. The minimum absolute atomic E-state index is 0.145. The molecule has 1 saturated heterocycles. The smallest absolute Gasteiger partial charge is 0.322 e. The topological polar surface area (TPSA) is 126 Å². The summed E-state index contributed by atoms with van der Waals surface area (Å²) >= 11 is 0. The maximum absolute atomic E-state index is 12.4. The van der Waals surface area contributed by atoms with Crippen LogP contribution in [0.15, 0.2) is 53.1 Å². The number of nitrogens with zero attached hydrogens (tertiary/aromatic N) is 2. The van der Waals surface area contributed by atoms with E-state index in [4.69, 9.17) is 4.52 Å². The van der Waals surface area contributed by atoms with Crippen LogP contribution in [0.3, 0.4) is 0 Å². The Labute approximate surface area is 191 Å². The predicted molar refractivity (Wildman–Crippen MR) is 121 cm³/mol. The molecule has 1 atom stereocenters. The highest BCUT2D eigenvalue weighted by atomic mass is 16.5. The van der Waals surface area contributed by atoms with Crippen molar-refractivity contribution in [3.63, 3.8) is 0 Å². The molecule has 3 N–H and O–H groups in total. The van der Waals surface area contributed by atoms with E-state index in [1.54, 1.807) is 31.2 Å². The van der Waals surface area contributed by atoms with Crippen LogP contribution in [0.4, 0.5) is 10.5 Å². The average molecular weight is 447 g/mol. The van der Waals surface area contributed by atoms with E-state index in [2.05, 4.69) is 39.9 Å². The second-order valence-corrected chi connectivity index (χ2v) is 8.45. The van der Waals surface area contributed by atoms with E-state index in [0.29, 0.717) is 35.3 Å². The number of benzene rings is 2. The lowest BCUT2D eigenvalue weighted by atomic mass is 9.92. The Morgan fingerprint density at radius 2 is 1.91 bits per heavy atom. The molecule has 9 heteroatoms. The highest BCUT2D eigenvalue weighted by Gasteiger charge is 2.43. The number of carbonyl (C=O) groups is 3. The van der Waals surface area contributed by atoms with Crippen molar-refractivity contribution in [2.45, 2.75) is 45.1 Å². The standard InChI is InChI=1S/C24H25N5O4/c1-14(2)15-7-9-16(10-8-15)21-26-20(33-29-21)12-11-19(30)25-18-6-4-5-17(13-18)24(3)22(31)27-23(32)28-24/h4-10,13-14H,11-12H2,1-3H3,(H,25,30)(H2,27,28,31,32). The monoisotopic (exact) mass is 447 g/mol. The molecule has 0 spiro atoms. The average Bonchev–Trinajstić information content (AvgIpc) is 3.37. The Kier molecular flexibility index (Phi) is 5.95. The van der Waals surface area contributed by atoms with Gasteiger partial charge in [0.05, 0.1) is 0 Å². The van der Waals surface area contributed by atoms with Gasteiger partial charge in [-0.25, -0.2) is 4.79 Å². The molecule has 1 fully saturated rings. The zero-order valence-electron chi connectivity index (χ0n) is 18.6. The molecule has 9 nitrogen and oxygen atoms in total. The van der Waals surface area contributed by atoms with Crippen molar-refractivity contribution < 1.29 is 18.9 Å². The Bertz CT molecular complexity index is 1200. The first-order valence-corrected chi connectivity index (χ1v) is 10.7. The highest BCUT2D eigenvalue weighted by Crippen LogP contribution is 2.26. The van der Waals surface area contributed by atoms with Gasteiger partial charge in [-0.1, -0.05) is 55.4 Å². The number of hydrogen-bond acceptors (Lipinski definition) is 6. The third-order valence-corrected chi connectivity index (χ3v) is 5.64. The zero-order valence-corrected chi connectivity index (χ0v) is 18.6. The maximum atomic E-state index is 12.4. The van der Waals surface area contributed by atoms with Gasteiger partial charge in [0, 0.05) is 24.1 Å². The molecule has 2 heterocycles. The number of nitrogens with one attached hydrogen (secondary N) is 3. The summed E-state index contributed by atoms with van der Waals surface area (Å²) in [6.07, 6.45) is 0.436. The van der Waals surface area contributed by atoms with Gasteiger partial charge < -0.3 is 15.2 Å². The number of amides is 4. The Balaban J connectivity index is 1.36. The fraction of sp³-hybridized carbons (Fsp3) is 0.292. The minimum Gasteiger partial charge on any atom is -0.339 e. The van der Waals surface area contributed by atoms with Crippen LogP contribution in [-0.4, -0.2) is 28.0 Å². The first-order chi connectivity index (χ1) is 15.7. The van der Waals surface area contributed by atoms with Gasteiger partial charge in [0.2, 0.25) is 17.6 Å². The van der Waals surface area contributed by atoms with Gasteiger partial charge in [-0.15, -0.1) is 0 Å². The Morgan fingerprint density at radius 1 is 1.15 bits per heavy atom. The van der Waals surface area contributed by atoms with Gasteiger partial charge >= 0.3 is 6.03 Å². The second kappa shape index (κ2) is 8.85. The van der Waals surface area contributed by atoms with E-state index in [1.165, 1.54) is 5.56 Å². The molecule has 33 heavy (non-hydrogen) atoms. The molecule has 170 valence electrons. The Morgan fingerprint density at radius 3 is 2.58 bits per heavy atom. The van der Waals surface area contributed by atoms with E-state index in [9.17, 15) is 14.4 Å². The van der Waals surface area contributed by atoms with Crippen LogP contribution in [0.5, 0.6) is 0 Å². The van der Waals surface area contributed by atoms with Crippen molar-refractivity contribution in [1.82, 2.24) is 20.8 Å². The summed E-state index contributed by atoms with van der Waals surface area (Å²) in [5.41, 5.74) is 1.98. The molecule has 0 bridgehead atoms. The molecule has 1 aromatic heterocycles. The van der Waals surface area contributed by atoms with Crippen LogP contribution in [0.1, 0.15) is 50.1 Å². The molecular formula is C24H25N5O4. The van der Waals surface area contributed by atoms with Crippen LogP contribution in [-0.2, 0) is 21.5 Å². The molecule has 2 aromatic carbocycles. The van der Waals surface area contributed by atoms with Crippen LogP contribution in [0.25, 0.3) is 11.4 Å². The maximum Gasteiger partial charge on any atom is 0.322 e. The van der Waals surface area contributed by atoms with Crippen molar-refractivity contribution in [3.05, 3.63) is 65.5 Å². The summed E-state index contributed by atoms with van der Waals surface area (Å²) in [7, 11) is 0. The third-order valence-electron chi connectivity index (χ3n) is 5.64. The number of anilines is 1. The normalized spacial score (nSPS) is 17.7. The van der Waals surface area contributed by atoms with Crippen molar-refractivity contribution in [3.8, 4) is 11.4 Å². The first-order valence-electron chi connectivity index (χ1n) is 10.7. The van der Waals surface area contributed by atoms with Gasteiger partial charge in [0.25, 0.3) is 5.91 Å². The predicted octanol–water partition coefficient (Wildman–Crippen LogP) is 3.49. The lowest BCUT2D eigenvalue weighted by Crippen LogP contribution is -2.40. The SMILES string of the molecule is CC(C)c1ccc(-c2noc(CCC(=O)Nc3cccc(C4(C)NC(=O)NC4=O)c3)n2)cc1. The van der Waals surface area contributed by atoms with E-state index in [-0.39, 0.29) is 12.3 Å². The molecule has 1 aliphatic heterocycles. The van der Waals surface area contributed by atoms with Gasteiger partial charge in [-0.05, 0) is 36.1 Å².